The van der Waals surface area contributed by atoms with Crippen LogP contribution in [0, 0.1) is 17.8 Å². The van der Waals surface area contributed by atoms with Crippen molar-refractivity contribution in [2.75, 3.05) is 6.54 Å². The summed E-state index contributed by atoms with van der Waals surface area (Å²) in [4.78, 5) is 12.0. The van der Waals surface area contributed by atoms with Gasteiger partial charge in [-0.1, -0.05) is 18.6 Å². The Hall–Kier alpha value is -1.69. The van der Waals surface area contributed by atoms with Gasteiger partial charge in [-0.05, 0) is 42.4 Å². The maximum atomic E-state index is 12.0. The molecule has 1 amide bonds. The summed E-state index contributed by atoms with van der Waals surface area (Å²) in [6.07, 6.45) is 2.63. The molecule has 0 radical (unpaired) electrons. The van der Waals surface area contributed by atoms with Crippen LogP contribution in [0.15, 0.2) is 24.3 Å². The molecule has 0 aromatic heterocycles. The third kappa shape index (κ3) is 3.21. The van der Waals surface area contributed by atoms with Gasteiger partial charge in [-0.15, -0.1) is 0 Å². The Bertz CT molecular complexity index is 525. The standard InChI is InChI=1S/C16H19F2NO3/c17-16(18)22-10-6-4-9(5-7-10)13(20)8-19-15(21)14-11-2-1-3-12(11)14/h4-7,11-14,16,20H,1-3,8H2,(H,19,21). The number of nitrogens with one attached hydrogen (secondary N) is 1. The lowest BCUT2D eigenvalue weighted by Crippen LogP contribution is -2.30. The van der Waals surface area contributed by atoms with Crippen molar-refractivity contribution in [3.63, 3.8) is 0 Å². The number of aliphatic hydroxyl groups excluding tert-OH is 1. The minimum absolute atomic E-state index is 0.0198. The molecule has 1 aromatic rings. The first-order valence-corrected chi connectivity index (χ1v) is 7.57. The number of fused-ring (bicyclic) bond motifs is 1. The zero-order valence-electron chi connectivity index (χ0n) is 12.0. The normalized spacial score (nSPS) is 27.4. The predicted molar refractivity (Wildman–Crippen MR) is 75.4 cm³/mol. The van der Waals surface area contributed by atoms with Gasteiger partial charge in [0, 0.05) is 12.5 Å². The number of alkyl halides is 2. The fourth-order valence-corrected chi connectivity index (χ4v) is 3.51. The molecule has 120 valence electrons. The molecule has 3 unspecified atom stereocenters. The second-order valence-electron chi connectivity index (χ2n) is 5.99. The molecule has 1 aromatic carbocycles. The lowest BCUT2D eigenvalue weighted by atomic mass is 10.1. The number of hydrogen-bond donors (Lipinski definition) is 2. The van der Waals surface area contributed by atoms with Gasteiger partial charge in [0.25, 0.3) is 0 Å². The number of aliphatic hydroxyl groups is 1. The molecule has 4 nitrogen and oxygen atoms in total. The molecule has 0 bridgehead atoms. The van der Waals surface area contributed by atoms with Crippen LogP contribution in [0.1, 0.15) is 30.9 Å². The molecule has 22 heavy (non-hydrogen) atoms. The van der Waals surface area contributed by atoms with Gasteiger partial charge in [0.15, 0.2) is 0 Å². The third-order valence-electron chi connectivity index (χ3n) is 4.67. The molecule has 2 aliphatic rings. The van der Waals surface area contributed by atoms with Crippen LogP contribution in [0.3, 0.4) is 0 Å². The van der Waals surface area contributed by atoms with Gasteiger partial charge in [0.1, 0.15) is 5.75 Å². The Morgan fingerprint density at radius 2 is 1.91 bits per heavy atom. The molecule has 6 heteroatoms. The molecule has 2 aliphatic carbocycles. The highest BCUT2D eigenvalue weighted by Gasteiger charge is 2.56. The lowest BCUT2D eigenvalue weighted by Gasteiger charge is -2.13. The molecule has 0 aliphatic heterocycles. The van der Waals surface area contributed by atoms with Crippen molar-refractivity contribution in [3.8, 4) is 5.75 Å². The molecule has 0 saturated heterocycles. The summed E-state index contributed by atoms with van der Waals surface area (Å²) < 4.78 is 28.3. The summed E-state index contributed by atoms with van der Waals surface area (Å²) in [6.45, 7) is -2.74. The average molecular weight is 311 g/mol. The van der Waals surface area contributed by atoms with Gasteiger partial charge in [0.2, 0.25) is 5.91 Å². The van der Waals surface area contributed by atoms with Gasteiger partial charge in [-0.25, -0.2) is 0 Å². The van der Waals surface area contributed by atoms with E-state index < -0.39 is 12.7 Å². The second kappa shape index (κ2) is 6.20. The highest BCUT2D eigenvalue weighted by molar-refractivity contribution is 5.82. The Kier molecular flexibility index (Phi) is 4.29. The van der Waals surface area contributed by atoms with Crippen molar-refractivity contribution >= 4 is 5.91 Å². The number of hydrogen-bond acceptors (Lipinski definition) is 3. The molecule has 2 N–H and O–H groups in total. The summed E-state index contributed by atoms with van der Waals surface area (Å²) in [5.74, 6) is 1.28. The van der Waals surface area contributed by atoms with E-state index in [1.807, 2.05) is 0 Å². The van der Waals surface area contributed by atoms with E-state index in [9.17, 15) is 18.7 Å². The fraction of sp³-hybridized carbons (Fsp3) is 0.562. The second-order valence-corrected chi connectivity index (χ2v) is 5.99. The van der Waals surface area contributed by atoms with Crippen molar-refractivity contribution in [3.05, 3.63) is 29.8 Å². The van der Waals surface area contributed by atoms with Crippen LogP contribution < -0.4 is 10.1 Å². The minimum Gasteiger partial charge on any atom is -0.435 e. The average Bonchev–Trinajstić information content (AvgIpc) is 2.97. The first-order chi connectivity index (χ1) is 10.6. The first-order valence-electron chi connectivity index (χ1n) is 7.57. The van der Waals surface area contributed by atoms with Crippen molar-refractivity contribution in [2.24, 2.45) is 17.8 Å². The van der Waals surface area contributed by atoms with Gasteiger partial charge >= 0.3 is 6.61 Å². The van der Waals surface area contributed by atoms with Gasteiger partial charge < -0.3 is 15.2 Å². The molecule has 2 fully saturated rings. The van der Waals surface area contributed by atoms with Gasteiger partial charge in [-0.2, -0.15) is 8.78 Å². The summed E-state index contributed by atoms with van der Waals surface area (Å²) >= 11 is 0. The van der Waals surface area contributed by atoms with Crippen LogP contribution in [-0.4, -0.2) is 24.2 Å². The van der Waals surface area contributed by atoms with Crippen LogP contribution in [-0.2, 0) is 4.79 Å². The van der Waals surface area contributed by atoms with E-state index in [4.69, 9.17) is 0 Å². The van der Waals surface area contributed by atoms with E-state index in [2.05, 4.69) is 10.1 Å². The van der Waals surface area contributed by atoms with E-state index in [1.165, 1.54) is 30.7 Å². The lowest BCUT2D eigenvalue weighted by molar-refractivity contribution is -0.123. The number of amides is 1. The summed E-state index contributed by atoms with van der Waals surface area (Å²) in [6, 6.07) is 5.77. The largest absolute Gasteiger partial charge is 0.435 e. The maximum absolute atomic E-state index is 12.0. The van der Waals surface area contributed by atoms with Gasteiger partial charge in [0.05, 0.1) is 6.10 Å². The molecule has 3 atom stereocenters. The summed E-state index contributed by atoms with van der Waals surface area (Å²) in [5, 5.41) is 12.8. The van der Waals surface area contributed by atoms with E-state index in [-0.39, 0.29) is 24.1 Å². The fourth-order valence-electron chi connectivity index (χ4n) is 3.51. The van der Waals surface area contributed by atoms with Crippen LogP contribution >= 0.6 is 0 Å². The van der Waals surface area contributed by atoms with Crippen molar-refractivity contribution in [1.82, 2.24) is 5.32 Å². The Balaban J connectivity index is 1.47. The quantitative estimate of drug-likeness (QED) is 0.848. The highest BCUT2D eigenvalue weighted by atomic mass is 19.3. The van der Waals surface area contributed by atoms with Crippen LogP contribution in [0.4, 0.5) is 8.78 Å². The summed E-state index contributed by atoms with van der Waals surface area (Å²) in [5.41, 5.74) is 0.554. The number of ether oxygens (including phenoxy) is 1. The molecule has 3 rings (SSSR count). The topological polar surface area (TPSA) is 58.6 Å². The Morgan fingerprint density at radius 1 is 1.27 bits per heavy atom. The Morgan fingerprint density at radius 3 is 2.50 bits per heavy atom. The smallest absolute Gasteiger partial charge is 0.387 e. The molecule has 2 saturated carbocycles. The van der Waals surface area contributed by atoms with Crippen LogP contribution in [0.2, 0.25) is 0 Å². The third-order valence-corrected chi connectivity index (χ3v) is 4.67. The molecular weight excluding hydrogens is 292 g/mol. The number of halogens is 2. The predicted octanol–water partition coefficient (Wildman–Crippen LogP) is 2.48. The number of carbonyl (C=O) groups excluding carboxylic acids is 1. The minimum atomic E-state index is -2.87. The molecule has 0 heterocycles. The van der Waals surface area contributed by atoms with Crippen molar-refractivity contribution in [2.45, 2.75) is 32.0 Å². The van der Waals surface area contributed by atoms with Crippen LogP contribution in [0.5, 0.6) is 5.75 Å². The first kappa shape index (κ1) is 15.2. The van der Waals surface area contributed by atoms with Crippen molar-refractivity contribution in [1.29, 1.82) is 0 Å². The molecule has 0 spiro atoms. The zero-order valence-corrected chi connectivity index (χ0v) is 12.0. The Labute approximate surface area is 127 Å². The highest BCUT2D eigenvalue weighted by Crippen LogP contribution is 2.57. The van der Waals surface area contributed by atoms with E-state index >= 15 is 0 Å². The number of rotatable bonds is 6. The molecular formula is C16H19F2NO3. The number of benzene rings is 1. The van der Waals surface area contributed by atoms with E-state index in [0.29, 0.717) is 17.4 Å². The van der Waals surface area contributed by atoms with E-state index in [1.54, 1.807) is 0 Å². The van der Waals surface area contributed by atoms with Gasteiger partial charge in [-0.3, -0.25) is 4.79 Å². The summed E-state index contributed by atoms with van der Waals surface area (Å²) in [7, 11) is 0. The zero-order chi connectivity index (χ0) is 15.7. The van der Waals surface area contributed by atoms with E-state index in [0.717, 1.165) is 12.8 Å². The SMILES string of the molecule is O=C(NCC(O)c1ccc(OC(F)F)cc1)C1C2CCCC21. The van der Waals surface area contributed by atoms with Crippen molar-refractivity contribution < 1.29 is 23.4 Å². The maximum Gasteiger partial charge on any atom is 0.387 e. The number of carbonyl (C=O) groups is 1. The monoisotopic (exact) mass is 311 g/mol. The van der Waals surface area contributed by atoms with Crippen LogP contribution in [0.25, 0.3) is 0 Å².